The molecule has 14 nitrogen and oxygen atoms in total. The molecule has 2 aromatic carbocycles. The number of anilines is 1. The minimum absolute atomic E-state index is 0.00126. The molecule has 0 spiro atoms. The summed E-state index contributed by atoms with van der Waals surface area (Å²) in [5.41, 5.74) is 0.896. The quantitative estimate of drug-likeness (QED) is 0.166. The van der Waals surface area contributed by atoms with E-state index in [9.17, 15) is 23.8 Å². The third-order valence-corrected chi connectivity index (χ3v) is 9.27. The maximum Gasteiger partial charge on any atom is 0.417 e. The van der Waals surface area contributed by atoms with Crippen LogP contribution in [0.5, 0.6) is 0 Å². The fraction of sp³-hybridized carbons (Fsp3) is 0.387. The van der Waals surface area contributed by atoms with Gasteiger partial charge in [-0.05, 0) is 31.0 Å². The van der Waals surface area contributed by atoms with Gasteiger partial charge in [0.15, 0.2) is 11.9 Å². The summed E-state index contributed by atoms with van der Waals surface area (Å²) in [6.07, 6.45) is -0.0339. The highest BCUT2D eigenvalue weighted by molar-refractivity contribution is 7.61. The molecule has 0 bridgehead atoms. The minimum atomic E-state index is -4.09. The van der Waals surface area contributed by atoms with Crippen molar-refractivity contribution in [3.8, 4) is 11.4 Å². The van der Waals surface area contributed by atoms with Gasteiger partial charge < -0.3 is 39.3 Å². The minimum Gasteiger partial charge on any atom is -0.380 e. The Labute approximate surface area is 266 Å². The van der Waals surface area contributed by atoms with E-state index in [2.05, 4.69) is 15.6 Å². The molecule has 2 amide bonds. The van der Waals surface area contributed by atoms with Gasteiger partial charge in [0.05, 0.1) is 18.0 Å². The molecule has 2 aliphatic heterocycles. The van der Waals surface area contributed by atoms with Crippen LogP contribution < -0.4 is 20.8 Å². The molecule has 0 aliphatic carbocycles. The highest BCUT2D eigenvalue weighted by atomic mass is 31.2. The van der Waals surface area contributed by atoms with Gasteiger partial charge in [0, 0.05) is 58.0 Å². The van der Waals surface area contributed by atoms with Crippen LogP contribution in [0, 0.1) is 0 Å². The van der Waals surface area contributed by atoms with E-state index < -0.39 is 31.6 Å². The molecule has 3 N–H and O–H groups in total. The van der Waals surface area contributed by atoms with Crippen LogP contribution in [0.4, 0.5) is 10.6 Å². The zero-order chi connectivity index (χ0) is 32.7. The van der Waals surface area contributed by atoms with Crippen molar-refractivity contribution < 1.29 is 37.8 Å². The number of nitrogens with zero attached hydrogens (tertiary/aromatic N) is 4. The Morgan fingerprint density at radius 3 is 2.43 bits per heavy atom. The smallest absolute Gasteiger partial charge is 0.380 e. The van der Waals surface area contributed by atoms with Crippen molar-refractivity contribution in [2.24, 2.45) is 0 Å². The van der Waals surface area contributed by atoms with Gasteiger partial charge in [-0.25, -0.2) is 19.6 Å². The summed E-state index contributed by atoms with van der Waals surface area (Å²) in [6.45, 7) is 4.66. The number of carbonyl (C=O) groups excluding carboxylic acids is 3. The molecule has 1 aromatic heterocycles. The molecule has 3 atom stereocenters. The van der Waals surface area contributed by atoms with Crippen LogP contribution in [0.15, 0.2) is 60.7 Å². The highest BCUT2D eigenvalue weighted by Crippen LogP contribution is 2.40. The number of nitrogens with one attached hydrogen (secondary N) is 2. The van der Waals surface area contributed by atoms with Crippen LogP contribution in [-0.4, -0.2) is 96.8 Å². The average molecular weight is 653 g/mol. The molecule has 46 heavy (non-hydrogen) atoms. The van der Waals surface area contributed by atoms with E-state index >= 15 is 0 Å². The zero-order valence-electron chi connectivity index (χ0n) is 25.6. The number of ether oxygens (including phenoxy) is 2. The van der Waals surface area contributed by atoms with Gasteiger partial charge in [-0.2, -0.15) is 0 Å². The summed E-state index contributed by atoms with van der Waals surface area (Å²) in [5, 5.41) is 5.79. The van der Waals surface area contributed by atoms with Crippen molar-refractivity contribution in [1.29, 1.82) is 0 Å². The number of hydrogen-bond donors (Lipinski definition) is 3. The molecular weight excluding hydrogens is 615 g/mol. The fourth-order valence-corrected chi connectivity index (χ4v) is 6.23. The molecule has 3 heterocycles. The summed E-state index contributed by atoms with van der Waals surface area (Å²) in [4.78, 5) is 63.0. The first kappa shape index (κ1) is 33.2. The number of rotatable bonds is 10. The lowest BCUT2D eigenvalue weighted by Gasteiger charge is -2.27. The van der Waals surface area contributed by atoms with Crippen molar-refractivity contribution in [3.05, 3.63) is 71.9 Å². The molecule has 0 radical (unpaired) electrons. The Bertz CT molecular complexity index is 1590. The van der Waals surface area contributed by atoms with Crippen LogP contribution in [0.3, 0.4) is 0 Å². The first-order chi connectivity index (χ1) is 22.2. The second kappa shape index (κ2) is 14.9. The van der Waals surface area contributed by atoms with E-state index in [4.69, 9.17) is 19.0 Å². The van der Waals surface area contributed by atoms with Gasteiger partial charge in [-0.15, -0.1) is 0 Å². The Kier molecular flexibility index (Phi) is 10.8. The summed E-state index contributed by atoms with van der Waals surface area (Å²) < 4.78 is 28.3. The Morgan fingerprint density at radius 1 is 1.07 bits per heavy atom. The summed E-state index contributed by atoms with van der Waals surface area (Å²) in [5.74, 6) is -0.908. The number of methoxy groups -OCH3 is 1. The summed E-state index contributed by atoms with van der Waals surface area (Å²) in [7, 11) is -2.44. The average Bonchev–Trinajstić information content (AvgIpc) is 3.57. The van der Waals surface area contributed by atoms with Crippen LogP contribution in [0.25, 0.3) is 11.4 Å². The van der Waals surface area contributed by atoms with Crippen LogP contribution in [0.2, 0.25) is 0 Å². The number of amides is 2. The molecule has 244 valence electrons. The monoisotopic (exact) mass is 652 g/mol. The van der Waals surface area contributed by atoms with Crippen molar-refractivity contribution in [2.75, 3.05) is 57.9 Å². The van der Waals surface area contributed by atoms with E-state index in [0.717, 1.165) is 6.42 Å². The van der Waals surface area contributed by atoms with Crippen LogP contribution >= 0.6 is 7.60 Å². The van der Waals surface area contributed by atoms with Gasteiger partial charge >= 0.3 is 19.7 Å². The number of esters is 1. The second-order valence-electron chi connectivity index (χ2n) is 10.8. The maximum atomic E-state index is 13.8. The molecule has 5 rings (SSSR count). The van der Waals surface area contributed by atoms with Gasteiger partial charge in [0.25, 0.3) is 5.91 Å². The van der Waals surface area contributed by atoms with E-state index in [1.807, 2.05) is 35.2 Å². The van der Waals surface area contributed by atoms with E-state index in [1.54, 1.807) is 20.1 Å². The van der Waals surface area contributed by atoms with E-state index in [-0.39, 0.29) is 29.3 Å². The first-order valence-electron chi connectivity index (χ1n) is 15.0. The summed E-state index contributed by atoms with van der Waals surface area (Å²) >= 11 is 0. The van der Waals surface area contributed by atoms with E-state index in [1.165, 1.54) is 29.2 Å². The number of piperazine rings is 1. The van der Waals surface area contributed by atoms with Crippen LogP contribution in [0.1, 0.15) is 35.4 Å². The number of aromatic nitrogens is 2. The lowest BCUT2D eigenvalue weighted by atomic mass is 10.1. The predicted molar refractivity (Wildman–Crippen MR) is 169 cm³/mol. The largest absolute Gasteiger partial charge is 0.417 e. The fourth-order valence-electron chi connectivity index (χ4n) is 5.20. The normalized spacial score (nSPS) is 18.5. The number of benzene rings is 2. The molecule has 3 aromatic rings. The number of hydrogen-bond acceptors (Lipinski definition) is 11. The topological polar surface area (TPSA) is 173 Å². The van der Waals surface area contributed by atoms with Crippen molar-refractivity contribution in [2.45, 2.75) is 25.5 Å². The maximum absolute atomic E-state index is 13.8. The third-order valence-electron chi connectivity index (χ3n) is 7.71. The molecule has 15 heteroatoms. The van der Waals surface area contributed by atoms with Gasteiger partial charge in [-0.1, -0.05) is 42.5 Å². The third kappa shape index (κ3) is 7.95. The van der Waals surface area contributed by atoms with E-state index in [0.29, 0.717) is 56.5 Å². The van der Waals surface area contributed by atoms with Crippen LogP contribution in [-0.2, 0) is 23.4 Å². The number of carbonyl (C=O) groups is 3. The molecule has 0 saturated carbocycles. The summed E-state index contributed by atoms with van der Waals surface area (Å²) in [6, 6.07) is 14.7. The van der Waals surface area contributed by atoms with Gasteiger partial charge in [-0.3, -0.25) is 9.36 Å². The molecule has 2 fully saturated rings. The van der Waals surface area contributed by atoms with Crippen molar-refractivity contribution >= 4 is 36.7 Å². The molecule has 3 unspecified atom stereocenters. The lowest BCUT2D eigenvalue weighted by molar-refractivity contribution is -0.140. The predicted octanol–water partition coefficient (Wildman–Crippen LogP) is 2.26. The first-order valence-corrected chi connectivity index (χ1v) is 16.6. The zero-order valence-corrected chi connectivity index (χ0v) is 26.5. The Morgan fingerprint density at radius 2 is 1.78 bits per heavy atom. The second-order valence-corrected chi connectivity index (χ2v) is 12.6. The molecule has 2 saturated heterocycles. The molecule has 2 aliphatic rings. The van der Waals surface area contributed by atoms with Gasteiger partial charge in [0.2, 0.25) is 0 Å². The van der Waals surface area contributed by atoms with Crippen molar-refractivity contribution in [3.63, 3.8) is 0 Å². The Hall–Kier alpha value is -4.20. The van der Waals surface area contributed by atoms with Gasteiger partial charge in [0.1, 0.15) is 11.5 Å². The molecular formula is C31H37N6O8P. The standard InChI is InChI=1S/C31H37N6O8P/c1-3-44-46(41,42)24-11-9-21(10-12-24)27(30(39)45-31(40)36-17-14-32-15-18-36)35-29(38)25-19-26(37-16-13-23(20-37)43-2)34-28(33-25)22-7-5-4-6-8-22/h4-12,19,23,27,32H,3,13-18,20H2,1-2H3,(H,35,38)(H,41,42). The Balaban J connectivity index is 1.46. The highest BCUT2D eigenvalue weighted by Gasteiger charge is 2.32. The van der Waals surface area contributed by atoms with Crippen molar-refractivity contribution in [1.82, 2.24) is 25.5 Å². The lowest BCUT2D eigenvalue weighted by Crippen LogP contribution is -2.48. The SMILES string of the molecule is CCOP(=O)(O)c1ccc(C(NC(=O)c2cc(N3CCC(OC)C3)nc(-c3ccccc3)n2)C(=O)OC(=O)N2CCNCC2)cc1.